The Balaban J connectivity index is 0.00000320. The van der Waals surface area contributed by atoms with Crippen molar-refractivity contribution in [3.05, 3.63) is 17.7 Å². The summed E-state index contributed by atoms with van der Waals surface area (Å²) in [6.07, 6.45) is 1.88. The minimum absolute atomic E-state index is 0. The summed E-state index contributed by atoms with van der Waals surface area (Å²) in [6.45, 7) is 1.01. The Bertz CT molecular complexity index is 690. The average Bonchev–Trinajstić information content (AvgIpc) is 3.37. The molecule has 8 nitrogen and oxygen atoms in total. The molecular weight excluding hydrogens is 515 g/mol. The largest absolute Gasteiger partial charge is 0.454 e. The molecule has 170 valence electrons. The van der Waals surface area contributed by atoms with E-state index in [0.29, 0.717) is 42.1 Å². The lowest BCUT2D eigenvalue weighted by Crippen LogP contribution is -2.37. The van der Waals surface area contributed by atoms with Crippen molar-refractivity contribution in [2.45, 2.75) is 26.0 Å². The van der Waals surface area contributed by atoms with Gasteiger partial charge in [-0.1, -0.05) is 0 Å². The Kier molecular flexibility index (Phi) is 10.6. The van der Waals surface area contributed by atoms with Crippen LogP contribution in [0.25, 0.3) is 0 Å². The summed E-state index contributed by atoms with van der Waals surface area (Å²) in [5.41, 5.74) is 0.514. The number of rotatable bonds is 10. The topological polar surface area (TPSA) is 82.6 Å². The Morgan fingerprint density at radius 3 is 2.77 bits per heavy atom. The number of nitrogens with one attached hydrogen (secondary N) is 2. The van der Waals surface area contributed by atoms with Gasteiger partial charge in [0.25, 0.3) is 0 Å². The van der Waals surface area contributed by atoms with Crippen LogP contribution in [0.15, 0.2) is 17.1 Å². The van der Waals surface area contributed by atoms with Gasteiger partial charge in [0.15, 0.2) is 17.5 Å². The Labute approximate surface area is 191 Å². The predicted molar refractivity (Wildman–Crippen MR) is 117 cm³/mol. The molecule has 1 saturated heterocycles. The Morgan fingerprint density at radius 1 is 1.27 bits per heavy atom. The number of fused-ring (bicyclic) bond motifs is 1. The summed E-state index contributed by atoms with van der Waals surface area (Å²) in [7, 11) is 1.64. The molecule has 1 aromatic rings. The fourth-order valence-electron chi connectivity index (χ4n) is 3.05. The molecule has 2 aliphatic heterocycles. The molecule has 0 aromatic heterocycles. The lowest BCUT2D eigenvalue weighted by molar-refractivity contribution is -0.0505. The van der Waals surface area contributed by atoms with Gasteiger partial charge in [0.1, 0.15) is 5.75 Å². The molecule has 2 heterocycles. The van der Waals surface area contributed by atoms with E-state index in [4.69, 9.17) is 18.9 Å². The standard InChI is InChI=1S/C19H27F2N3O5.HI/c1-22-19(23-4-2-5-25-10-13-3-6-26-11-13)24-9-14-7-16-17(28-12-27-16)8-15(14)29-18(20)21;/h7-8,13,18H,2-6,9-12H2,1H3,(H2,22,23,24);1H. The number of alkyl halides is 2. The molecule has 1 aromatic carbocycles. The van der Waals surface area contributed by atoms with Crippen LogP contribution < -0.4 is 24.8 Å². The van der Waals surface area contributed by atoms with Gasteiger partial charge in [0.05, 0.1) is 13.2 Å². The summed E-state index contributed by atoms with van der Waals surface area (Å²) in [6, 6.07) is 3.04. The quantitative estimate of drug-likeness (QED) is 0.203. The zero-order valence-electron chi connectivity index (χ0n) is 16.8. The Hall–Kier alpha value is -1.60. The van der Waals surface area contributed by atoms with E-state index in [1.165, 1.54) is 6.07 Å². The molecule has 0 spiro atoms. The lowest BCUT2D eigenvalue weighted by Gasteiger charge is -2.15. The summed E-state index contributed by atoms with van der Waals surface area (Å²) in [4.78, 5) is 4.14. The molecule has 1 fully saturated rings. The summed E-state index contributed by atoms with van der Waals surface area (Å²) in [5.74, 6) is 1.97. The van der Waals surface area contributed by atoms with E-state index in [1.54, 1.807) is 13.1 Å². The minimum atomic E-state index is -2.93. The maximum atomic E-state index is 12.7. The molecule has 0 radical (unpaired) electrons. The summed E-state index contributed by atoms with van der Waals surface area (Å²) >= 11 is 0. The van der Waals surface area contributed by atoms with Gasteiger partial charge < -0.3 is 34.3 Å². The minimum Gasteiger partial charge on any atom is -0.454 e. The monoisotopic (exact) mass is 543 g/mol. The number of halogens is 3. The van der Waals surface area contributed by atoms with Crippen LogP contribution in [-0.4, -0.2) is 59.4 Å². The number of hydrogen-bond donors (Lipinski definition) is 2. The van der Waals surface area contributed by atoms with Gasteiger partial charge in [0, 0.05) is 50.9 Å². The Morgan fingerprint density at radius 2 is 2.07 bits per heavy atom. The summed E-state index contributed by atoms with van der Waals surface area (Å²) < 4.78 is 51.5. The highest BCUT2D eigenvalue weighted by Crippen LogP contribution is 2.38. The molecule has 0 aliphatic carbocycles. The van der Waals surface area contributed by atoms with Gasteiger partial charge in [-0.05, 0) is 18.9 Å². The van der Waals surface area contributed by atoms with Crippen LogP contribution in [0, 0.1) is 5.92 Å². The molecule has 3 rings (SSSR count). The first-order valence-electron chi connectivity index (χ1n) is 9.63. The van der Waals surface area contributed by atoms with Gasteiger partial charge in [-0.3, -0.25) is 4.99 Å². The smallest absolute Gasteiger partial charge is 0.387 e. The maximum absolute atomic E-state index is 12.7. The maximum Gasteiger partial charge on any atom is 0.387 e. The third kappa shape index (κ3) is 7.58. The van der Waals surface area contributed by atoms with Crippen molar-refractivity contribution in [1.82, 2.24) is 10.6 Å². The zero-order chi connectivity index (χ0) is 20.5. The highest BCUT2D eigenvalue weighted by atomic mass is 127. The SMILES string of the molecule is CN=C(NCCCOCC1CCOC1)NCc1cc2c(cc1OC(F)F)OCO2.I. The van der Waals surface area contributed by atoms with Gasteiger partial charge in [0.2, 0.25) is 6.79 Å². The van der Waals surface area contributed by atoms with Crippen molar-refractivity contribution < 1.29 is 32.5 Å². The van der Waals surface area contributed by atoms with Gasteiger partial charge in [-0.15, -0.1) is 24.0 Å². The van der Waals surface area contributed by atoms with Crippen molar-refractivity contribution in [3.8, 4) is 17.2 Å². The third-order valence-electron chi connectivity index (χ3n) is 4.58. The van der Waals surface area contributed by atoms with Crippen molar-refractivity contribution >= 4 is 29.9 Å². The number of benzene rings is 1. The number of aliphatic imine (C=N–C) groups is 1. The van der Waals surface area contributed by atoms with Crippen LogP contribution in [0.3, 0.4) is 0 Å². The number of ether oxygens (including phenoxy) is 5. The third-order valence-corrected chi connectivity index (χ3v) is 4.58. The van der Waals surface area contributed by atoms with E-state index in [-0.39, 0.29) is 43.1 Å². The molecular formula is C19H28F2IN3O5. The lowest BCUT2D eigenvalue weighted by atomic mass is 10.1. The van der Waals surface area contributed by atoms with Crippen LogP contribution in [0.5, 0.6) is 17.2 Å². The molecule has 11 heteroatoms. The molecule has 2 aliphatic rings. The van der Waals surface area contributed by atoms with E-state index in [0.717, 1.165) is 32.7 Å². The normalized spacial score (nSPS) is 17.7. The predicted octanol–water partition coefficient (Wildman–Crippen LogP) is 2.74. The van der Waals surface area contributed by atoms with Crippen molar-refractivity contribution in [2.24, 2.45) is 10.9 Å². The summed E-state index contributed by atoms with van der Waals surface area (Å²) in [5, 5.41) is 6.26. The second kappa shape index (κ2) is 13.0. The molecule has 0 saturated carbocycles. The zero-order valence-corrected chi connectivity index (χ0v) is 19.2. The van der Waals surface area contributed by atoms with E-state index >= 15 is 0 Å². The fourth-order valence-corrected chi connectivity index (χ4v) is 3.05. The van der Waals surface area contributed by atoms with Crippen molar-refractivity contribution in [1.29, 1.82) is 0 Å². The van der Waals surface area contributed by atoms with E-state index in [1.807, 2.05) is 0 Å². The van der Waals surface area contributed by atoms with Crippen molar-refractivity contribution in [2.75, 3.05) is 46.8 Å². The first-order chi connectivity index (χ1) is 14.2. The molecule has 0 amide bonds. The van der Waals surface area contributed by atoms with E-state index in [2.05, 4.69) is 20.4 Å². The highest BCUT2D eigenvalue weighted by molar-refractivity contribution is 14.0. The van der Waals surface area contributed by atoms with Crippen LogP contribution >= 0.6 is 24.0 Å². The van der Waals surface area contributed by atoms with Crippen LogP contribution in [0.1, 0.15) is 18.4 Å². The molecule has 0 bridgehead atoms. The van der Waals surface area contributed by atoms with E-state index < -0.39 is 6.61 Å². The first kappa shape index (κ1) is 24.7. The number of hydrogen-bond acceptors (Lipinski definition) is 6. The molecule has 1 atom stereocenters. The number of guanidine groups is 1. The van der Waals surface area contributed by atoms with E-state index in [9.17, 15) is 8.78 Å². The van der Waals surface area contributed by atoms with Crippen LogP contribution in [0.4, 0.5) is 8.78 Å². The van der Waals surface area contributed by atoms with Gasteiger partial charge in [-0.2, -0.15) is 8.78 Å². The second-order valence-electron chi connectivity index (χ2n) is 6.70. The van der Waals surface area contributed by atoms with Crippen LogP contribution in [0.2, 0.25) is 0 Å². The highest BCUT2D eigenvalue weighted by Gasteiger charge is 2.20. The fraction of sp³-hybridized carbons (Fsp3) is 0.632. The second-order valence-corrected chi connectivity index (χ2v) is 6.70. The molecule has 1 unspecified atom stereocenters. The average molecular weight is 543 g/mol. The molecule has 30 heavy (non-hydrogen) atoms. The van der Waals surface area contributed by atoms with Gasteiger partial charge in [-0.25, -0.2) is 0 Å². The molecule has 2 N–H and O–H groups in total. The van der Waals surface area contributed by atoms with Gasteiger partial charge >= 0.3 is 6.61 Å². The van der Waals surface area contributed by atoms with Crippen LogP contribution in [-0.2, 0) is 16.0 Å². The first-order valence-corrected chi connectivity index (χ1v) is 9.63. The van der Waals surface area contributed by atoms with Crippen molar-refractivity contribution in [3.63, 3.8) is 0 Å². The number of nitrogens with zero attached hydrogens (tertiary/aromatic N) is 1.